The van der Waals surface area contributed by atoms with Crippen LogP contribution in [0.4, 0.5) is 5.69 Å². The summed E-state index contributed by atoms with van der Waals surface area (Å²) in [6.45, 7) is 1.91. The first kappa shape index (κ1) is 23.2. The molecule has 1 saturated heterocycles. The molecule has 2 N–H and O–H groups in total. The van der Waals surface area contributed by atoms with Crippen molar-refractivity contribution < 1.29 is 29.3 Å². The molecule has 0 aromatic heterocycles. The molecule has 4 rings (SSSR count). The second-order valence-electron chi connectivity index (χ2n) is 7.79. The highest BCUT2D eigenvalue weighted by Crippen LogP contribution is 2.45. The Labute approximate surface area is 201 Å². The minimum Gasteiger partial charge on any atom is -0.508 e. The lowest BCUT2D eigenvalue weighted by molar-refractivity contribution is -0.132. The van der Waals surface area contributed by atoms with Gasteiger partial charge in [0.25, 0.3) is 11.7 Å². The number of methoxy groups -OCH3 is 2. The largest absolute Gasteiger partial charge is 0.508 e. The number of anilines is 1. The summed E-state index contributed by atoms with van der Waals surface area (Å²) in [7, 11) is 2.81. The highest BCUT2D eigenvalue weighted by molar-refractivity contribution is 6.51. The Morgan fingerprint density at radius 3 is 2.26 bits per heavy atom. The number of benzene rings is 3. The molecule has 0 spiro atoms. The number of ketones is 1. The molecule has 1 unspecified atom stereocenters. The van der Waals surface area contributed by atoms with E-state index in [0.29, 0.717) is 11.3 Å². The number of aromatic hydroxyl groups is 1. The first-order chi connectivity index (χ1) is 16.3. The standard InChI is InChI=1S/C26H22ClNO6/c1-14-7-9-16(10-8-14)28-23(15-5-4-6-17(29)11-15)22(25(31)26(28)32)24(30)18-12-21(34-3)19(27)13-20(18)33-2/h4-13,23,29-30H,1-3H3/b24-22+. The normalized spacial score (nSPS) is 17.2. The van der Waals surface area contributed by atoms with Crippen molar-refractivity contribution in [2.75, 3.05) is 19.1 Å². The topological polar surface area (TPSA) is 96.3 Å². The van der Waals surface area contributed by atoms with E-state index in [9.17, 15) is 19.8 Å². The molecule has 1 amide bonds. The molecule has 3 aromatic rings. The van der Waals surface area contributed by atoms with Gasteiger partial charge in [0.15, 0.2) is 0 Å². The summed E-state index contributed by atoms with van der Waals surface area (Å²) >= 11 is 6.19. The molecule has 1 aliphatic heterocycles. The van der Waals surface area contributed by atoms with Gasteiger partial charge in [0.2, 0.25) is 0 Å². The Hall–Kier alpha value is -3.97. The van der Waals surface area contributed by atoms with Gasteiger partial charge in [-0.2, -0.15) is 0 Å². The van der Waals surface area contributed by atoms with Crippen molar-refractivity contribution in [1.82, 2.24) is 0 Å². The number of carbonyl (C=O) groups excluding carboxylic acids is 2. The van der Waals surface area contributed by atoms with Crippen LogP contribution in [0.15, 0.2) is 66.2 Å². The van der Waals surface area contributed by atoms with E-state index in [1.54, 1.807) is 24.3 Å². The zero-order chi connectivity index (χ0) is 24.6. The van der Waals surface area contributed by atoms with E-state index < -0.39 is 23.5 Å². The Morgan fingerprint density at radius 1 is 0.971 bits per heavy atom. The van der Waals surface area contributed by atoms with Crippen LogP contribution >= 0.6 is 11.6 Å². The van der Waals surface area contributed by atoms with Crippen molar-refractivity contribution in [1.29, 1.82) is 0 Å². The first-order valence-electron chi connectivity index (χ1n) is 10.3. The van der Waals surface area contributed by atoms with Gasteiger partial charge in [-0.15, -0.1) is 0 Å². The molecule has 7 nitrogen and oxygen atoms in total. The van der Waals surface area contributed by atoms with E-state index in [1.165, 1.54) is 43.4 Å². The maximum absolute atomic E-state index is 13.3. The van der Waals surface area contributed by atoms with Gasteiger partial charge in [0.1, 0.15) is 23.0 Å². The summed E-state index contributed by atoms with van der Waals surface area (Å²) in [6, 6.07) is 15.2. The molecular formula is C26H22ClNO6. The summed E-state index contributed by atoms with van der Waals surface area (Å²) in [6.07, 6.45) is 0. The van der Waals surface area contributed by atoms with Crippen LogP contribution in [0.2, 0.25) is 5.02 Å². The van der Waals surface area contributed by atoms with Gasteiger partial charge in [0, 0.05) is 11.8 Å². The van der Waals surface area contributed by atoms with E-state index in [1.807, 2.05) is 19.1 Å². The van der Waals surface area contributed by atoms with Gasteiger partial charge in [-0.25, -0.2) is 0 Å². The number of aliphatic hydroxyl groups excluding tert-OH is 1. The number of hydrogen-bond donors (Lipinski definition) is 2. The third-order valence-corrected chi connectivity index (χ3v) is 5.97. The molecule has 174 valence electrons. The number of hydrogen-bond acceptors (Lipinski definition) is 6. The van der Waals surface area contributed by atoms with Gasteiger partial charge in [-0.1, -0.05) is 41.4 Å². The third kappa shape index (κ3) is 3.95. The van der Waals surface area contributed by atoms with Crippen molar-refractivity contribution in [3.8, 4) is 17.2 Å². The SMILES string of the molecule is COc1cc(/C(O)=C2\C(=O)C(=O)N(c3ccc(C)cc3)C2c2cccc(O)c2)c(OC)cc1Cl. The van der Waals surface area contributed by atoms with E-state index in [0.717, 1.165) is 5.56 Å². The molecule has 0 saturated carbocycles. The van der Waals surface area contributed by atoms with Gasteiger partial charge < -0.3 is 19.7 Å². The number of aryl methyl sites for hydroxylation is 1. The van der Waals surface area contributed by atoms with Crippen molar-refractivity contribution in [3.63, 3.8) is 0 Å². The second kappa shape index (κ2) is 9.11. The molecular weight excluding hydrogens is 458 g/mol. The Bertz CT molecular complexity index is 1320. The molecule has 3 aromatic carbocycles. The van der Waals surface area contributed by atoms with Crippen LogP contribution in [0, 0.1) is 6.92 Å². The predicted octanol–water partition coefficient (Wildman–Crippen LogP) is 5.00. The molecule has 1 aliphatic rings. The zero-order valence-corrected chi connectivity index (χ0v) is 19.5. The van der Waals surface area contributed by atoms with Crippen LogP contribution in [0.5, 0.6) is 17.2 Å². The van der Waals surface area contributed by atoms with Crippen LogP contribution in [0.3, 0.4) is 0 Å². The van der Waals surface area contributed by atoms with Gasteiger partial charge in [0.05, 0.1) is 36.4 Å². The molecule has 1 atom stereocenters. The van der Waals surface area contributed by atoms with Crippen LogP contribution in [0.1, 0.15) is 22.7 Å². The monoisotopic (exact) mass is 479 g/mol. The maximum Gasteiger partial charge on any atom is 0.300 e. The smallest absolute Gasteiger partial charge is 0.300 e. The fraction of sp³-hybridized carbons (Fsp3) is 0.154. The molecule has 0 aliphatic carbocycles. The molecule has 1 fully saturated rings. The van der Waals surface area contributed by atoms with Crippen LogP contribution in [0.25, 0.3) is 5.76 Å². The predicted molar refractivity (Wildman–Crippen MR) is 129 cm³/mol. The average Bonchev–Trinajstić information content (AvgIpc) is 3.09. The maximum atomic E-state index is 13.3. The summed E-state index contributed by atoms with van der Waals surface area (Å²) in [5.41, 5.74) is 1.88. The van der Waals surface area contributed by atoms with E-state index in [2.05, 4.69) is 0 Å². The first-order valence-corrected chi connectivity index (χ1v) is 10.7. The average molecular weight is 480 g/mol. The molecule has 0 radical (unpaired) electrons. The number of ether oxygens (including phenoxy) is 2. The van der Waals surface area contributed by atoms with E-state index in [4.69, 9.17) is 21.1 Å². The summed E-state index contributed by atoms with van der Waals surface area (Å²) in [5.74, 6) is -1.72. The lowest BCUT2D eigenvalue weighted by atomic mass is 9.94. The molecule has 0 bridgehead atoms. The van der Waals surface area contributed by atoms with E-state index >= 15 is 0 Å². The second-order valence-corrected chi connectivity index (χ2v) is 8.19. The van der Waals surface area contributed by atoms with Crippen LogP contribution in [-0.4, -0.2) is 36.1 Å². The van der Waals surface area contributed by atoms with Crippen molar-refractivity contribution >= 4 is 34.7 Å². The number of Topliss-reactive ketones (excluding diaryl/α,β-unsaturated/α-hetero) is 1. The van der Waals surface area contributed by atoms with Gasteiger partial charge in [-0.3, -0.25) is 14.5 Å². The number of aliphatic hydroxyl groups is 1. The Morgan fingerprint density at radius 2 is 1.65 bits per heavy atom. The highest BCUT2D eigenvalue weighted by atomic mass is 35.5. The van der Waals surface area contributed by atoms with Crippen molar-refractivity contribution in [2.45, 2.75) is 13.0 Å². The van der Waals surface area contributed by atoms with Gasteiger partial charge >= 0.3 is 0 Å². The quantitative estimate of drug-likeness (QED) is 0.304. The summed E-state index contributed by atoms with van der Waals surface area (Å²) in [4.78, 5) is 27.8. The lowest BCUT2D eigenvalue weighted by Gasteiger charge is -2.26. The molecule has 8 heteroatoms. The number of carbonyl (C=O) groups is 2. The van der Waals surface area contributed by atoms with E-state index in [-0.39, 0.29) is 33.4 Å². The number of rotatable bonds is 5. The number of nitrogens with zero attached hydrogens (tertiary/aromatic N) is 1. The zero-order valence-electron chi connectivity index (χ0n) is 18.7. The van der Waals surface area contributed by atoms with Crippen molar-refractivity contribution in [3.05, 3.63) is 87.9 Å². The highest BCUT2D eigenvalue weighted by Gasteiger charge is 2.47. The summed E-state index contributed by atoms with van der Waals surface area (Å²) in [5, 5.41) is 21.7. The molecule has 1 heterocycles. The Kier molecular flexibility index (Phi) is 6.22. The number of amides is 1. The fourth-order valence-corrected chi connectivity index (χ4v) is 4.24. The Balaban J connectivity index is 2.00. The number of halogens is 1. The van der Waals surface area contributed by atoms with Gasteiger partial charge in [-0.05, 0) is 42.8 Å². The fourth-order valence-electron chi connectivity index (χ4n) is 4.01. The minimum atomic E-state index is -0.999. The third-order valence-electron chi connectivity index (χ3n) is 5.67. The minimum absolute atomic E-state index is 0.0438. The van der Waals surface area contributed by atoms with Crippen LogP contribution < -0.4 is 14.4 Å². The summed E-state index contributed by atoms with van der Waals surface area (Å²) < 4.78 is 10.6. The number of phenolic OH excluding ortho intramolecular Hbond substituents is 1. The van der Waals surface area contributed by atoms with Crippen molar-refractivity contribution in [2.24, 2.45) is 0 Å². The number of phenols is 1. The lowest BCUT2D eigenvalue weighted by Crippen LogP contribution is -2.29. The van der Waals surface area contributed by atoms with Crippen LogP contribution in [-0.2, 0) is 9.59 Å². The molecule has 34 heavy (non-hydrogen) atoms.